The van der Waals surface area contributed by atoms with Gasteiger partial charge in [0.2, 0.25) is 5.91 Å². The second-order valence-electron chi connectivity index (χ2n) is 7.72. The van der Waals surface area contributed by atoms with E-state index in [1.807, 2.05) is 17.9 Å². The lowest BCUT2D eigenvalue weighted by Crippen LogP contribution is -2.55. The number of amides is 2. The molecule has 0 aliphatic carbocycles. The van der Waals surface area contributed by atoms with Crippen molar-refractivity contribution >= 4 is 11.8 Å². The molecule has 1 aromatic rings. The van der Waals surface area contributed by atoms with Crippen LogP contribution in [0.25, 0.3) is 0 Å². The number of piperidine rings is 1. The summed E-state index contributed by atoms with van der Waals surface area (Å²) in [5, 5.41) is 0. The van der Waals surface area contributed by atoms with E-state index in [2.05, 4.69) is 9.88 Å². The van der Waals surface area contributed by atoms with Crippen LogP contribution in [0, 0.1) is 12.3 Å². The van der Waals surface area contributed by atoms with E-state index in [4.69, 9.17) is 4.74 Å². The number of ether oxygens (including phenoxy) is 1. The first-order chi connectivity index (χ1) is 12.1. The van der Waals surface area contributed by atoms with E-state index in [1.54, 1.807) is 6.20 Å². The van der Waals surface area contributed by atoms with E-state index in [-0.39, 0.29) is 17.2 Å². The molecule has 4 rings (SSSR count). The number of aromatic nitrogens is 1. The van der Waals surface area contributed by atoms with Crippen LogP contribution in [0.15, 0.2) is 12.3 Å². The molecule has 4 heterocycles. The molecular formula is C19H27N3O3. The van der Waals surface area contributed by atoms with Gasteiger partial charge >= 0.3 is 0 Å². The Labute approximate surface area is 148 Å². The highest BCUT2D eigenvalue weighted by molar-refractivity contribution is 5.96. The minimum absolute atomic E-state index is 0.0478. The van der Waals surface area contributed by atoms with Crippen LogP contribution in [0.4, 0.5) is 0 Å². The molecule has 3 aliphatic heterocycles. The highest BCUT2D eigenvalue weighted by atomic mass is 16.5. The van der Waals surface area contributed by atoms with Crippen molar-refractivity contribution in [1.29, 1.82) is 0 Å². The van der Waals surface area contributed by atoms with Crippen molar-refractivity contribution in [2.45, 2.75) is 45.1 Å². The maximum absolute atomic E-state index is 13.3. The van der Waals surface area contributed by atoms with Gasteiger partial charge in [-0.15, -0.1) is 0 Å². The standard InChI is InChI=1S/C19H27N3O3/c1-14-16(3-8-20-14)17(23)21-10-7-19(13-21)6-2-9-22(18(19)24)15-4-11-25-12-5-15/h3,8,15,20H,2,4-7,9-13H2,1H3/t19-/m0/s1. The smallest absolute Gasteiger partial charge is 0.255 e. The molecule has 1 aromatic heterocycles. The van der Waals surface area contributed by atoms with Crippen LogP contribution in [0.2, 0.25) is 0 Å². The Morgan fingerprint density at radius 1 is 1.28 bits per heavy atom. The van der Waals surface area contributed by atoms with Crippen molar-refractivity contribution in [3.8, 4) is 0 Å². The van der Waals surface area contributed by atoms with Gasteiger partial charge in [0.15, 0.2) is 0 Å². The van der Waals surface area contributed by atoms with Crippen molar-refractivity contribution in [3.63, 3.8) is 0 Å². The van der Waals surface area contributed by atoms with Gasteiger partial charge in [0.25, 0.3) is 5.91 Å². The summed E-state index contributed by atoms with van der Waals surface area (Å²) in [6.07, 6.45) is 6.41. The second-order valence-corrected chi connectivity index (χ2v) is 7.72. The average Bonchev–Trinajstić information content (AvgIpc) is 3.25. The summed E-state index contributed by atoms with van der Waals surface area (Å²) in [4.78, 5) is 33.2. The molecule has 6 heteroatoms. The van der Waals surface area contributed by atoms with E-state index in [0.29, 0.717) is 19.1 Å². The van der Waals surface area contributed by atoms with Gasteiger partial charge in [-0.05, 0) is 45.1 Å². The predicted molar refractivity (Wildman–Crippen MR) is 93.3 cm³/mol. The van der Waals surface area contributed by atoms with E-state index in [0.717, 1.165) is 63.1 Å². The molecule has 1 N–H and O–H groups in total. The first-order valence-corrected chi connectivity index (χ1v) is 9.43. The number of aromatic amines is 1. The quantitative estimate of drug-likeness (QED) is 0.891. The number of nitrogens with one attached hydrogen (secondary N) is 1. The van der Waals surface area contributed by atoms with Crippen molar-refractivity contribution in [2.75, 3.05) is 32.8 Å². The summed E-state index contributed by atoms with van der Waals surface area (Å²) in [6, 6.07) is 2.15. The van der Waals surface area contributed by atoms with Crippen LogP contribution in [0.1, 0.15) is 48.2 Å². The minimum Gasteiger partial charge on any atom is -0.381 e. The largest absolute Gasteiger partial charge is 0.381 e. The fourth-order valence-corrected chi connectivity index (χ4v) is 4.73. The SMILES string of the molecule is Cc1[nH]ccc1C(=O)N1CC[C@@]2(CCCN(C3CCOCC3)C2=O)C1. The Kier molecular flexibility index (Phi) is 4.31. The van der Waals surface area contributed by atoms with Gasteiger partial charge < -0.3 is 19.5 Å². The van der Waals surface area contributed by atoms with Gasteiger partial charge in [-0.25, -0.2) is 0 Å². The monoisotopic (exact) mass is 345 g/mol. The second kappa shape index (κ2) is 6.48. The highest BCUT2D eigenvalue weighted by Gasteiger charge is 2.50. The lowest BCUT2D eigenvalue weighted by molar-refractivity contribution is -0.150. The van der Waals surface area contributed by atoms with Crippen LogP contribution in [-0.2, 0) is 9.53 Å². The summed E-state index contributed by atoms with van der Waals surface area (Å²) in [5.74, 6) is 0.318. The third-order valence-electron chi connectivity index (χ3n) is 6.23. The topological polar surface area (TPSA) is 65.6 Å². The molecule has 0 radical (unpaired) electrons. The molecule has 6 nitrogen and oxygen atoms in total. The van der Waals surface area contributed by atoms with Crippen molar-refractivity contribution in [1.82, 2.24) is 14.8 Å². The lowest BCUT2D eigenvalue weighted by Gasteiger charge is -2.44. The molecule has 0 saturated carbocycles. The minimum atomic E-state index is -0.365. The normalized spacial score (nSPS) is 28.1. The van der Waals surface area contributed by atoms with Gasteiger partial charge in [-0.2, -0.15) is 0 Å². The van der Waals surface area contributed by atoms with Gasteiger partial charge in [0, 0.05) is 50.8 Å². The van der Waals surface area contributed by atoms with Gasteiger partial charge in [-0.3, -0.25) is 9.59 Å². The lowest BCUT2D eigenvalue weighted by atomic mass is 9.77. The first kappa shape index (κ1) is 16.6. The zero-order valence-electron chi connectivity index (χ0n) is 14.9. The van der Waals surface area contributed by atoms with Crippen molar-refractivity contribution in [2.24, 2.45) is 5.41 Å². The summed E-state index contributed by atoms with van der Waals surface area (Å²) in [7, 11) is 0. The number of nitrogens with zero attached hydrogens (tertiary/aromatic N) is 2. The van der Waals surface area contributed by atoms with Crippen LogP contribution < -0.4 is 0 Å². The van der Waals surface area contributed by atoms with Crippen LogP contribution in [-0.4, -0.2) is 65.5 Å². The Bertz CT molecular complexity index is 665. The molecule has 0 bridgehead atoms. The number of aryl methyl sites for hydroxylation is 1. The molecule has 0 aromatic carbocycles. The third-order valence-corrected chi connectivity index (χ3v) is 6.23. The number of hydrogen-bond donors (Lipinski definition) is 1. The molecule has 3 saturated heterocycles. The number of carbonyl (C=O) groups excluding carboxylic acids is 2. The Morgan fingerprint density at radius 3 is 2.80 bits per heavy atom. The molecule has 3 aliphatic rings. The average molecular weight is 345 g/mol. The van der Waals surface area contributed by atoms with Crippen molar-refractivity contribution in [3.05, 3.63) is 23.5 Å². The fourth-order valence-electron chi connectivity index (χ4n) is 4.73. The zero-order valence-corrected chi connectivity index (χ0v) is 14.9. The van der Waals surface area contributed by atoms with E-state index >= 15 is 0 Å². The maximum Gasteiger partial charge on any atom is 0.255 e. The third kappa shape index (κ3) is 2.86. The van der Waals surface area contributed by atoms with Crippen LogP contribution in [0.5, 0.6) is 0 Å². The van der Waals surface area contributed by atoms with Gasteiger partial charge in [0.05, 0.1) is 11.0 Å². The summed E-state index contributed by atoms with van der Waals surface area (Å²) in [6.45, 7) is 5.51. The van der Waals surface area contributed by atoms with Crippen LogP contribution in [0.3, 0.4) is 0 Å². The molecule has 1 atom stereocenters. The first-order valence-electron chi connectivity index (χ1n) is 9.43. The molecule has 136 valence electrons. The predicted octanol–water partition coefficient (Wildman–Crippen LogP) is 1.96. The highest BCUT2D eigenvalue weighted by Crippen LogP contribution is 2.41. The van der Waals surface area contributed by atoms with E-state index in [1.165, 1.54) is 0 Å². The Balaban J connectivity index is 1.49. The van der Waals surface area contributed by atoms with Gasteiger partial charge in [-0.1, -0.05) is 0 Å². The summed E-state index contributed by atoms with van der Waals surface area (Å²) in [5.41, 5.74) is 1.25. The number of rotatable bonds is 2. The van der Waals surface area contributed by atoms with Gasteiger partial charge in [0.1, 0.15) is 0 Å². The molecule has 0 unspecified atom stereocenters. The zero-order chi connectivity index (χ0) is 17.4. The number of likely N-dealkylation sites (tertiary alicyclic amines) is 2. The molecular weight excluding hydrogens is 318 g/mol. The summed E-state index contributed by atoms with van der Waals surface area (Å²) >= 11 is 0. The number of carbonyl (C=O) groups is 2. The Hall–Kier alpha value is -1.82. The molecule has 3 fully saturated rings. The summed E-state index contributed by atoms with van der Waals surface area (Å²) < 4.78 is 5.45. The van der Waals surface area contributed by atoms with Crippen LogP contribution >= 0.6 is 0 Å². The van der Waals surface area contributed by atoms with Crippen molar-refractivity contribution < 1.29 is 14.3 Å². The molecule has 25 heavy (non-hydrogen) atoms. The Morgan fingerprint density at radius 2 is 2.08 bits per heavy atom. The van der Waals surface area contributed by atoms with E-state index in [9.17, 15) is 9.59 Å². The number of hydrogen-bond acceptors (Lipinski definition) is 3. The fraction of sp³-hybridized carbons (Fsp3) is 0.684. The van der Waals surface area contributed by atoms with E-state index < -0.39 is 0 Å². The molecule has 2 amide bonds. The maximum atomic E-state index is 13.3. The molecule has 1 spiro atoms. The number of H-pyrrole nitrogens is 1.